The molecule has 6 nitrogen and oxygen atoms in total. The van der Waals surface area contributed by atoms with E-state index in [0.717, 1.165) is 11.3 Å². The molecule has 0 spiro atoms. The fourth-order valence-corrected chi connectivity index (χ4v) is 2.44. The molecule has 0 saturated carbocycles. The van der Waals surface area contributed by atoms with Crippen LogP contribution >= 0.6 is 0 Å². The highest BCUT2D eigenvalue weighted by Gasteiger charge is 2.21. The summed E-state index contributed by atoms with van der Waals surface area (Å²) < 4.78 is 12.5. The third-order valence-electron chi connectivity index (χ3n) is 3.39. The molecule has 1 amide bonds. The SMILES string of the molecule is COc1c(C(=O)Nc2ccc(OC(C)C)c(C)c2)c(C)nn1C. The van der Waals surface area contributed by atoms with Gasteiger partial charge in [-0.15, -0.1) is 0 Å². The van der Waals surface area contributed by atoms with E-state index in [1.165, 1.54) is 7.11 Å². The highest BCUT2D eigenvalue weighted by Crippen LogP contribution is 2.25. The fraction of sp³-hybridized carbons (Fsp3) is 0.412. The lowest BCUT2D eigenvalue weighted by Crippen LogP contribution is -2.14. The molecule has 1 N–H and O–H groups in total. The van der Waals surface area contributed by atoms with Gasteiger partial charge in [0.05, 0.1) is 18.9 Å². The molecule has 1 heterocycles. The molecule has 2 rings (SSSR count). The summed E-state index contributed by atoms with van der Waals surface area (Å²) in [7, 11) is 3.26. The predicted octanol–water partition coefficient (Wildman–Crippen LogP) is 3.09. The van der Waals surface area contributed by atoms with Crippen molar-refractivity contribution in [1.82, 2.24) is 9.78 Å². The molecule has 0 aliphatic heterocycles. The van der Waals surface area contributed by atoms with E-state index in [9.17, 15) is 4.79 Å². The van der Waals surface area contributed by atoms with Crippen molar-refractivity contribution in [1.29, 1.82) is 0 Å². The molecular weight excluding hydrogens is 294 g/mol. The number of aromatic nitrogens is 2. The summed E-state index contributed by atoms with van der Waals surface area (Å²) in [5, 5.41) is 7.10. The van der Waals surface area contributed by atoms with Gasteiger partial charge in [0.1, 0.15) is 11.3 Å². The smallest absolute Gasteiger partial charge is 0.263 e. The number of anilines is 1. The van der Waals surface area contributed by atoms with Gasteiger partial charge in [0.15, 0.2) is 0 Å². The van der Waals surface area contributed by atoms with E-state index in [4.69, 9.17) is 9.47 Å². The van der Waals surface area contributed by atoms with E-state index >= 15 is 0 Å². The number of carbonyl (C=O) groups is 1. The Morgan fingerprint density at radius 3 is 2.57 bits per heavy atom. The number of rotatable bonds is 5. The summed E-state index contributed by atoms with van der Waals surface area (Å²) >= 11 is 0. The Bertz CT molecular complexity index is 720. The van der Waals surface area contributed by atoms with E-state index in [1.807, 2.05) is 39.0 Å². The largest absolute Gasteiger partial charge is 0.491 e. The number of amides is 1. The summed E-state index contributed by atoms with van der Waals surface area (Å²) in [4.78, 5) is 12.5. The highest BCUT2D eigenvalue weighted by atomic mass is 16.5. The van der Waals surface area contributed by atoms with Gasteiger partial charge in [-0.05, 0) is 51.5 Å². The Morgan fingerprint density at radius 2 is 2.00 bits per heavy atom. The maximum Gasteiger partial charge on any atom is 0.263 e. The van der Waals surface area contributed by atoms with Gasteiger partial charge in [0.2, 0.25) is 5.88 Å². The van der Waals surface area contributed by atoms with Crippen LogP contribution in [0.5, 0.6) is 11.6 Å². The first-order valence-electron chi connectivity index (χ1n) is 7.49. The zero-order chi connectivity index (χ0) is 17.1. The van der Waals surface area contributed by atoms with Gasteiger partial charge in [-0.2, -0.15) is 5.10 Å². The number of aryl methyl sites for hydroxylation is 3. The molecule has 1 aromatic carbocycles. The van der Waals surface area contributed by atoms with Gasteiger partial charge < -0.3 is 14.8 Å². The van der Waals surface area contributed by atoms with Gasteiger partial charge in [-0.25, -0.2) is 4.68 Å². The van der Waals surface area contributed by atoms with E-state index < -0.39 is 0 Å². The molecule has 124 valence electrons. The fourth-order valence-electron chi connectivity index (χ4n) is 2.44. The van der Waals surface area contributed by atoms with Crippen LogP contribution in [-0.4, -0.2) is 28.9 Å². The first-order chi connectivity index (χ1) is 10.8. The van der Waals surface area contributed by atoms with Crippen LogP contribution < -0.4 is 14.8 Å². The van der Waals surface area contributed by atoms with Crippen LogP contribution in [0, 0.1) is 13.8 Å². The lowest BCUT2D eigenvalue weighted by molar-refractivity contribution is 0.102. The molecule has 0 bridgehead atoms. The van der Waals surface area contributed by atoms with Crippen LogP contribution in [0.4, 0.5) is 5.69 Å². The second kappa shape index (κ2) is 6.73. The third kappa shape index (κ3) is 3.64. The predicted molar refractivity (Wildman–Crippen MR) is 89.4 cm³/mol. The van der Waals surface area contributed by atoms with E-state index in [1.54, 1.807) is 18.7 Å². The van der Waals surface area contributed by atoms with Crippen LogP contribution in [0.15, 0.2) is 18.2 Å². The van der Waals surface area contributed by atoms with Crippen molar-refractivity contribution in [2.75, 3.05) is 12.4 Å². The average Bonchev–Trinajstić information content (AvgIpc) is 2.75. The summed E-state index contributed by atoms with van der Waals surface area (Å²) in [6.07, 6.45) is 0.108. The number of ether oxygens (including phenoxy) is 2. The standard InChI is InChI=1S/C17H23N3O3/c1-10(2)23-14-8-7-13(9-11(14)3)18-16(21)15-12(4)19-20(5)17(15)22-6/h7-10H,1-6H3,(H,18,21). The normalized spacial score (nSPS) is 10.7. The molecule has 0 aliphatic carbocycles. The summed E-state index contributed by atoms with van der Waals surface area (Å²) in [6, 6.07) is 5.56. The highest BCUT2D eigenvalue weighted by molar-refractivity contribution is 6.06. The second-order valence-corrected chi connectivity index (χ2v) is 5.69. The maximum absolute atomic E-state index is 12.5. The molecule has 0 atom stereocenters. The minimum Gasteiger partial charge on any atom is -0.491 e. The summed E-state index contributed by atoms with van der Waals surface area (Å²) in [6.45, 7) is 7.69. The van der Waals surface area contributed by atoms with Gasteiger partial charge in [0, 0.05) is 12.7 Å². The van der Waals surface area contributed by atoms with Gasteiger partial charge in [0.25, 0.3) is 5.91 Å². The Balaban J connectivity index is 2.23. The van der Waals surface area contributed by atoms with Crippen LogP contribution in [0.3, 0.4) is 0 Å². The first-order valence-corrected chi connectivity index (χ1v) is 7.49. The second-order valence-electron chi connectivity index (χ2n) is 5.69. The Kier molecular flexibility index (Phi) is 4.93. The monoisotopic (exact) mass is 317 g/mol. The van der Waals surface area contributed by atoms with Crippen molar-refractivity contribution in [3.05, 3.63) is 35.0 Å². The number of hydrogen-bond acceptors (Lipinski definition) is 4. The minimum atomic E-state index is -0.246. The number of nitrogens with zero attached hydrogens (tertiary/aromatic N) is 2. The van der Waals surface area contributed by atoms with Crippen molar-refractivity contribution in [3.63, 3.8) is 0 Å². The van der Waals surface area contributed by atoms with Crippen molar-refractivity contribution < 1.29 is 14.3 Å². The van der Waals surface area contributed by atoms with E-state index in [0.29, 0.717) is 22.8 Å². The quantitative estimate of drug-likeness (QED) is 0.920. The van der Waals surface area contributed by atoms with Crippen molar-refractivity contribution >= 4 is 11.6 Å². The molecule has 0 unspecified atom stereocenters. The minimum absolute atomic E-state index is 0.108. The lowest BCUT2D eigenvalue weighted by atomic mass is 10.1. The molecule has 1 aromatic heterocycles. The number of carbonyl (C=O) groups excluding carboxylic acids is 1. The van der Waals surface area contributed by atoms with Gasteiger partial charge >= 0.3 is 0 Å². The average molecular weight is 317 g/mol. The Labute approximate surface area is 136 Å². The van der Waals surface area contributed by atoms with Crippen LogP contribution in [-0.2, 0) is 7.05 Å². The molecule has 0 fully saturated rings. The third-order valence-corrected chi connectivity index (χ3v) is 3.39. The number of benzene rings is 1. The van der Waals surface area contributed by atoms with Crippen molar-refractivity contribution in [2.24, 2.45) is 7.05 Å². The molecule has 6 heteroatoms. The van der Waals surface area contributed by atoms with Crippen molar-refractivity contribution in [3.8, 4) is 11.6 Å². The maximum atomic E-state index is 12.5. The van der Waals surface area contributed by atoms with E-state index in [2.05, 4.69) is 10.4 Å². The molecule has 23 heavy (non-hydrogen) atoms. The molecule has 0 saturated heterocycles. The van der Waals surface area contributed by atoms with Crippen LogP contribution in [0.25, 0.3) is 0 Å². The first kappa shape index (κ1) is 16.9. The Morgan fingerprint density at radius 1 is 1.30 bits per heavy atom. The lowest BCUT2D eigenvalue weighted by Gasteiger charge is -2.14. The summed E-state index contributed by atoms with van der Waals surface area (Å²) in [5.74, 6) is 1.01. The van der Waals surface area contributed by atoms with Crippen LogP contribution in [0.2, 0.25) is 0 Å². The molecule has 2 aromatic rings. The van der Waals surface area contributed by atoms with Crippen molar-refractivity contribution in [2.45, 2.75) is 33.8 Å². The molecule has 0 aliphatic rings. The van der Waals surface area contributed by atoms with E-state index in [-0.39, 0.29) is 12.0 Å². The summed E-state index contributed by atoms with van der Waals surface area (Å²) in [5.41, 5.74) is 2.73. The number of hydrogen-bond donors (Lipinski definition) is 1. The molecular formula is C17H23N3O3. The Hall–Kier alpha value is -2.50. The van der Waals surface area contributed by atoms with Gasteiger partial charge in [-0.1, -0.05) is 0 Å². The number of nitrogens with one attached hydrogen (secondary N) is 1. The van der Waals surface area contributed by atoms with Crippen LogP contribution in [0.1, 0.15) is 35.5 Å². The van der Waals surface area contributed by atoms with Gasteiger partial charge in [-0.3, -0.25) is 4.79 Å². The zero-order valence-electron chi connectivity index (χ0n) is 14.4. The topological polar surface area (TPSA) is 65.4 Å². The zero-order valence-corrected chi connectivity index (χ0v) is 14.4. The number of methoxy groups -OCH3 is 1. The molecule has 0 radical (unpaired) electrons.